The highest BCUT2D eigenvalue weighted by molar-refractivity contribution is 7.88. The summed E-state index contributed by atoms with van der Waals surface area (Å²) < 4.78 is 37.5. The maximum Gasteiger partial charge on any atom is 0.209 e. The summed E-state index contributed by atoms with van der Waals surface area (Å²) in [7, 11) is -1.60. The fourth-order valence-corrected chi connectivity index (χ4v) is 4.27. The summed E-state index contributed by atoms with van der Waals surface area (Å²) in [5.74, 6) is 0.889. The van der Waals surface area contributed by atoms with Crippen molar-refractivity contribution < 1.29 is 17.9 Å². The van der Waals surface area contributed by atoms with Gasteiger partial charge >= 0.3 is 0 Å². The van der Waals surface area contributed by atoms with Crippen LogP contribution in [0.3, 0.4) is 0 Å². The zero-order valence-corrected chi connectivity index (χ0v) is 16.4. The van der Waals surface area contributed by atoms with Crippen molar-refractivity contribution in [3.8, 4) is 5.75 Å². The van der Waals surface area contributed by atoms with Crippen LogP contribution in [-0.4, -0.2) is 64.6 Å². The normalized spacial score (nSPS) is 23.4. The van der Waals surface area contributed by atoms with Gasteiger partial charge in [0.05, 0.1) is 12.9 Å². The van der Waals surface area contributed by atoms with Crippen LogP contribution < -0.4 is 9.46 Å². The summed E-state index contributed by atoms with van der Waals surface area (Å²) in [6.07, 6.45) is 2.98. The van der Waals surface area contributed by atoms with Gasteiger partial charge in [-0.2, -0.15) is 0 Å². The van der Waals surface area contributed by atoms with Gasteiger partial charge < -0.3 is 9.47 Å². The van der Waals surface area contributed by atoms with Crippen molar-refractivity contribution in [2.75, 3.05) is 33.1 Å². The quantitative estimate of drug-likeness (QED) is 0.756. The first-order chi connectivity index (χ1) is 11.8. The molecule has 1 aliphatic rings. The van der Waals surface area contributed by atoms with E-state index in [1.54, 1.807) is 7.11 Å². The molecular formula is C18H30N2O4S. The minimum atomic E-state index is -3.25. The molecule has 1 fully saturated rings. The molecule has 25 heavy (non-hydrogen) atoms. The number of piperidine rings is 1. The van der Waals surface area contributed by atoms with E-state index in [0.29, 0.717) is 13.2 Å². The molecule has 1 aliphatic heterocycles. The predicted molar refractivity (Wildman–Crippen MR) is 99.5 cm³/mol. The highest BCUT2D eigenvalue weighted by Gasteiger charge is 2.35. The summed E-state index contributed by atoms with van der Waals surface area (Å²) in [4.78, 5) is 2.30. The summed E-state index contributed by atoms with van der Waals surface area (Å²) >= 11 is 0. The van der Waals surface area contributed by atoms with E-state index in [-0.39, 0.29) is 18.1 Å². The molecule has 7 heteroatoms. The van der Waals surface area contributed by atoms with Gasteiger partial charge in [0.25, 0.3) is 0 Å². The van der Waals surface area contributed by atoms with Gasteiger partial charge in [-0.3, -0.25) is 4.90 Å². The van der Waals surface area contributed by atoms with E-state index in [1.165, 1.54) is 6.26 Å². The fraction of sp³-hybridized carbons (Fsp3) is 0.667. The molecule has 2 rings (SSSR count). The Labute approximate surface area is 151 Å². The number of nitrogens with zero attached hydrogens (tertiary/aromatic N) is 1. The van der Waals surface area contributed by atoms with Gasteiger partial charge in [0, 0.05) is 25.2 Å². The van der Waals surface area contributed by atoms with Crippen molar-refractivity contribution >= 4 is 10.0 Å². The average Bonchev–Trinajstić information content (AvgIpc) is 2.54. The average molecular weight is 371 g/mol. The van der Waals surface area contributed by atoms with Crippen LogP contribution in [0.4, 0.5) is 0 Å². The molecule has 6 nitrogen and oxygen atoms in total. The van der Waals surface area contributed by atoms with E-state index in [0.717, 1.165) is 30.7 Å². The maximum absolute atomic E-state index is 11.7. The summed E-state index contributed by atoms with van der Waals surface area (Å²) in [6.45, 7) is 6.09. The third-order valence-corrected chi connectivity index (χ3v) is 5.40. The predicted octanol–water partition coefficient (Wildman–Crippen LogP) is 1.79. The molecule has 1 heterocycles. The minimum Gasteiger partial charge on any atom is -0.492 e. The van der Waals surface area contributed by atoms with Gasteiger partial charge in [-0.05, 0) is 44.9 Å². The maximum atomic E-state index is 11.7. The number of methoxy groups -OCH3 is 1. The number of ether oxygens (including phenoxy) is 2. The summed E-state index contributed by atoms with van der Waals surface area (Å²) in [6, 6.07) is 7.98. The number of nitrogens with one attached hydrogen (secondary N) is 1. The van der Waals surface area contributed by atoms with Crippen molar-refractivity contribution in [1.82, 2.24) is 9.62 Å². The molecule has 0 radical (unpaired) electrons. The fourth-order valence-electron chi connectivity index (χ4n) is 3.45. The van der Waals surface area contributed by atoms with Crippen molar-refractivity contribution in [3.05, 3.63) is 29.8 Å². The van der Waals surface area contributed by atoms with Crippen LogP contribution in [0.5, 0.6) is 5.75 Å². The van der Waals surface area contributed by atoms with Crippen molar-refractivity contribution in [3.63, 3.8) is 0 Å². The van der Waals surface area contributed by atoms with E-state index >= 15 is 0 Å². The summed E-state index contributed by atoms with van der Waals surface area (Å²) in [5, 5.41) is 0. The molecule has 0 unspecified atom stereocenters. The zero-order valence-electron chi connectivity index (χ0n) is 15.6. The van der Waals surface area contributed by atoms with Gasteiger partial charge in [0.2, 0.25) is 10.0 Å². The second kappa shape index (κ2) is 8.98. The van der Waals surface area contributed by atoms with Gasteiger partial charge in [0.1, 0.15) is 12.4 Å². The molecule has 3 atom stereocenters. The molecule has 0 aromatic heterocycles. The van der Waals surface area contributed by atoms with E-state index in [1.807, 2.05) is 31.2 Å². The Morgan fingerprint density at radius 3 is 2.72 bits per heavy atom. The third-order valence-electron chi connectivity index (χ3n) is 4.66. The van der Waals surface area contributed by atoms with Crippen molar-refractivity contribution in [2.24, 2.45) is 0 Å². The van der Waals surface area contributed by atoms with Gasteiger partial charge in [-0.25, -0.2) is 13.1 Å². The number of para-hydroxylation sites is 1. The van der Waals surface area contributed by atoms with E-state index in [4.69, 9.17) is 9.47 Å². The number of sulfonamides is 1. The first-order valence-corrected chi connectivity index (χ1v) is 10.6. The van der Waals surface area contributed by atoms with Crippen LogP contribution in [0.15, 0.2) is 24.3 Å². The second-order valence-electron chi connectivity index (χ2n) is 6.82. The van der Waals surface area contributed by atoms with E-state index in [2.05, 4.69) is 16.5 Å². The molecule has 0 bridgehead atoms. The molecule has 1 aromatic rings. The first kappa shape index (κ1) is 20.2. The molecule has 1 aromatic carbocycles. The van der Waals surface area contributed by atoms with Crippen LogP contribution >= 0.6 is 0 Å². The highest BCUT2D eigenvalue weighted by atomic mass is 32.2. The van der Waals surface area contributed by atoms with Crippen molar-refractivity contribution in [1.29, 1.82) is 0 Å². The standard InChI is InChI=1S/C18H30N2O4S/c1-14-8-5-6-10-18(14)24-12-15(2)20-11-7-9-16(17(20)13-23-3)19-25(4,21)22/h5-6,8,10,15-17,19H,7,9,11-13H2,1-4H3/t15-,16-,17-/m0/s1. The monoisotopic (exact) mass is 370 g/mol. The Morgan fingerprint density at radius 1 is 1.36 bits per heavy atom. The van der Waals surface area contributed by atoms with Crippen LogP contribution in [0, 0.1) is 6.92 Å². The topological polar surface area (TPSA) is 67.9 Å². The van der Waals surface area contributed by atoms with Gasteiger partial charge in [-0.15, -0.1) is 0 Å². The molecule has 0 amide bonds. The second-order valence-corrected chi connectivity index (χ2v) is 8.60. The largest absolute Gasteiger partial charge is 0.492 e. The number of rotatable bonds is 8. The Balaban J connectivity index is 2.04. The smallest absolute Gasteiger partial charge is 0.209 e. The van der Waals surface area contributed by atoms with E-state index in [9.17, 15) is 8.42 Å². The lowest BCUT2D eigenvalue weighted by molar-refractivity contribution is 0.0119. The van der Waals surface area contributed by atoms with Gasteiger partial charge in [0.15, 0.2) is 0 Å². The summed E-state index contributed by atoms with van der Waals surface area (Å²) in [5.41, 5.74) is 1.11. The number of benzene rings is 1. The van der Waals surface area contributed by atoms with Gasteiger partial charge in [-0.1, -0.05) is 18.2 Å². The Kier molecular flexibility index (Phi) is 7.25. The molecule has 142 valence electrons. The minimum absolute atomic E-state index is 0.00365. The molecule has 0 aliphatic carbocycles. The lowest BCUT2D eigenvalue weighted by atomic mass is 9.96. The van der Waals surface area contributed by atoms with Crippen LogP contribution in [0.1, 0.15) is 25.3 Å². The molecular weight excluding hydrogens is 340 g/mol. The number of likely N-dealkylation sites (tertiary alicyclic amines) is 1. The Bertz CT molecular complexity index is 650. The lowest BCUT2D eigenvalue weighted by Gasteiger charge is -2.44. The molecule has 1 N–H and O–H groups in total. The Morgan fingerprint density at radius 2 is 2.08 bits per heavy atom. The van der Waals surface area contributed by atoms with Crippen LogP contribution in [0.2, 0.25) is 0 Å². The lowest BCUT2D eigenvalue weighted by Crippen LogP contribution is -2.60. The van der Waals surface area contributed by atoms with Crippen molar-refractivity contribution in [2.45, 2.75) is 44.8 Å². The number of hydrogen-bond acceptors (Lipinski definition) is 5. The SMILES string of the molecule is COC[C@H]1[C@@H](NS(C)(=O)=O)CCCN1[C@@H](C)COc1ccccc1C. The molecule has 1 saturated heterocycles. The Hall–Kier alpha value is -1.15. The van der Waals surface area contributed by atoms with Crippen LogP contribution in [0.25, 0.3) is 0 Å². The first-order valence-electron chi connectivity index (χ1n) is 8.72. The van der Waals surface area contributed by atoms with E-state index < -0.39 is 10.0 Å². The van der Waals surface area contributed by atoms with Crippen LogP contribution in [-0.2, 0) is 14.8 Å². The number of hydrogen-bond donors (Lipinski definition) is 1. The third kappa shape index (κ3) is 5.95. The molecule has 0 saturated carbocycles. The zero-order chi connectivity index (χ0) is 18.4. The highest BCUT2D eigenvalue weighted by Crippen LogP contribution is 2.23. The number of aryl methyl sites for hydroxylation is 1. The molecule has 0 spiro atoms.